The van der Waals surface area contributed by atoms with Crippen LogP contribution in [0.2, 0.25) is 10.0 Å². The third-order valence-corrected chi connectivity index (χ3v) is 4.62. The number of benzene rings is 2. The minimum absolute atomic E-state index is 0.538. The number of fused-ring (bicyclic) bond motifs is 1. The van der Waals surface area contributed by atoms with Gasteiger partial charge in [0.15, 0.2) is 5.65 Å². The number of nitrogens with zero attached hydrogens (tertiary/aromatic N) is 3. The van der Waals surface area contributed by atoms with Crippen molar-refractivity contribution in [1.29, 1.82) is 0 Å². The quantitative estimate of drug-likeness (QED) is 0.449. The van der Waals surface area contributed by atoms with Gasteiger partial charge in [-0.3, -0.25) is 0 Å². The molecule has 4 nitrogen and oxygen atoms in total. The monoisotopic (exact) mass is 383 g/mol. The molecule has 0 amide bonds. The van der Waals surface area contributed by atoms with E-state index in [1.54, 1.807) is 16.8 Å². The Hall–Kier alpha value is -2.56. The maximum Gasteiger partial charge on any atom is 0.217 e. The third kappa shape index (κ3) is 2.91. The molecule has 0 atom stereocenters. The first kappa shape index (κ1) is 16.9. The summed E-state index contributed by atoms with van der Waals surface area (Å²) in [4.78, 5) is 4.54. The highest BCUT2D eigenvalue weighted by atomic mass is 35.5. The van der Waals surface area contributed by atoms with Crippen LogP contribution in [0.5, 0.6) is 5.88 Å². The molecule has 0 aliphatic rings. The lowest BCUT2D eigenvalue weighted by Gasteiger charge is -2.06. The van der Waals surface area contributed by atoms with Crippen molar-refractivity contribution in [2.24, 2.45) is 0 Å². The molecule has 0 fully saturated rings. The number of ether oxygens (including phenoxy) is 1. The fourth-order valence-corrected chi connectivity index (χ4v) is 3.26. The van der Waals surface area contributed by atoms with E-state index in [4.69, 9.17) is 33.0 Å². The third-order valence-electron chi connectivity index (χ3n) is 4.04. The molecular formula is C20H15Cl2N3O. The van der Waals surface area contributed by atoms with E-state index in [0.29, 0.717) is 28.2 Å². The first-order valence-corrected chi connectivity index (χ1v) is 8.96. The van der Waals surface area contributed by atoms with Gasteiger partial charge in [0.2, 0.25) is 5.88 Å². The Morgan fingerprint density at radius 2 is 1.77 bits per heavy atom. The molecular weight excluding hydrogens is 369 g/mol. The lowest BCUT2D eigenvalue weighted by Crippen LogP contribution is -2.00. The van der Waals surface area contributed by atoms with Gasteiger partial charge in [-0.1, -0.05) is 53.5 Å². The van der Waals surface area contributed by atoms with Crippen molar-refractivity contribution in [2.45, 2.75) is 6.92 Å². The van der Waals surface area contributed by atoms with E-state index in [1.165, 1.54) is 0 Å². The van der Waals surface area contributed by atoms with Crippen molar-refractivity contribution in [2.75, 3.05) is 6.61 Å². The Balaban J connectivity index is 2.06. The first-order valence-electron chi connectivity index (χ1n) is 8.20. The van der Waals surface area contributed by atoms with Gasteiger partial charge < -0.3 is 4.74 Å². The molecule has 0 saturated heterocycles. The zero-order valence-electron chi connectivity index (χ0n) is 14.0. The predicted octanol–water partition coefficient (Wildman–Crippen LogP) is 5.77. The predicted molar refractivity (Wildman–Crippen MR) is 105 cm³/mol. The first-order chi connectivity index (χ1) is 12.7. The average molecular weight is 384 g/mol. The molecule has 0 N–H and O–H groups in total. The van der Waals surface area contributed by atoms with E-state index in [0.717, 1.165) is 22.4 Å². The molecule has 0 aliphatic heterocycles. The Morgan fingerprint density at radius 1 is 1.00 bits per heavy atom. The van der Waals surface area contributed by atoms with Crippen molar-refractivity contribution in [3.05, 3.63) is 70.8 Å². The molecule has 0 aliphatic carbocycles. The summed E-state index contributed by atoms with van der Waals surface area (Å²) >= 11 is 12.5. The highest BCUT2D eigenvalue weighted by molar-refractivity contribution is 6.33. The van der Waals surface area contributed by atoms with Gasteiger partial charge >= 0.3 is 0 Å². The molecule has 0 bridgehead atoms. The summed E-state index contributed by atoms with van der Waals surface area (Å²) in [5, 5.41) is 6.08. The molecule has 2 heterocycles. The van der Waals surface area contributed by atoms with Crippen molar-refractivity contribution in [3.63, 3.8) is 0 Å². The van der Waals surface area contributed by atoms with Crippen LogP contribution in [-0.2, 0) is 0 Å². The van der Waals surface area contributed by atoms with E-state index < -0.39 is 0 Å². The van der Waals surface area contributed by atoms with Crippen LogP contribution >= 0.6 is 23.2 Å². The van der Waals surface area contributed by atoms with Gasteiger partial charge in [0.25, 0.3) is 0 Å². The van der Waals surface area contributed by atoms with Crippen LogP contribution in [0.25, 0.3) is 28.0 Å². The fraction of sp³-hybridized carbons (Fsp3) is 0.100. The molecule has 130 valence electrons. The molecule has 0 unspecified atom stereocenters. The topological polar surface area (TPSA) is 39.4 Å². The van der Waals surface area contributed by atoms with E-state index in [9.17, 15) is 0 Å². The summed E-state index contributed by atoms with van der Waals surface area (Å²) < 4.78 is 7.43. The minimum atomic E-state index is 0.538. The maximum absolute atomic E-state index is 6.45. The second-order valence-corrected chi connectivity index (χ2v) is 6.51. The average Bonchev–Trinajstić information content (AvgIpc) is 3.03. The molecule has 2 aromatic carbocycles. The van der Waals surface area contributed by atoms with Gasteiger partial charge in [-0.25, -0.2) is 4.98 Å². The van der Waals surface area contributed by atoms with Crippen LogP contribution in [0.15, 0.2) is 60.8 Å². The molecule has 26 heavy (non-hydrogen) atoms. The van der Waals surface area contributed by atoms with Crippen molar-refractivity contribution in [3.8, 4) is 28.3 Å². The molecule has 2 aromatic heterocycles. The van der Waals surface area contributed by atoms with E-state index in [1.807, 2.05) is 55.5 Å². The molecule has 0 saturated carbocycles. The van der Waals surface area contributed by atoms with Gasteiger partial charge in [0.05, 0.1) is 17.2 Å². The second kappa shape index (κ2) is 6.98. The molecule has 0 spiro atoms. The van der Waals surface area contributed by atoms with Gasteiger partial charge in [-0.2, -0.15) is 9.61 Å². The van der Waals surface area contributed by atoms with Crippen molar-refractivity contribution < 1.29 is 4.74 Å². The summed E-state index contributed by atoms with van der Waals surface area (Å²) in [5.74, 6) is 0.631. The number of rotatable bonds is 4. The van der Waals surface area contributed by atoms with Crippen LogP contribution in [0.1, 0.15) is 6.92 Å². The van der Waals surface area contributed by atoms with Gasteiger partial charge in [-0.05, 0) is 30.7 Å². The zero-order valence-corrected chi connectivity index (χ0v) is 15.5. The van der Waals surface area contributed by atoms with Crippen LogP contribution in [0.4, 0.5) is 0 Å². The van der Waals surface area contributed by atoms with E-state index in [-0.39, 0.29) is 0 Å². The highest BCUT2D eigenvalue weighted by Gasteiger charge is 2.21. The van der Waals surface area contributed by atoms with Crippen LogP contribution < -0.4 is 4.74 Å². The summed E-state index contributed by atoms with van der Waals surface area (Å²) in [6.07, 6.45) is 1.72. The van der Waals surface area contributed by atoms with Crippen molar-refractivity contribution in [1.82, 2.24) is 14.6 Å². The number of aromatic nitrogens is 3. The van der Waals surface area contributed by atoms with E-state index >= 15 is 0 Å². The number of hydrogen-bond acceptors (Lipinski definition) is 3. The SMILES string of the molecule is CCOc1ccnc2c(-c3ccc(Cl)cc3)c(-c3ccccc3Cl)nn12. The highest BCUT2D eigenvalue weighted by Crippen LogP contribution is 2.38. The largest absolute Gasteiger partial charge is 0.478 e. The van der Waals surface area contributed by atoms with Gasteiger partial charge in [-0.15, -0.1) is 0 Å². The smallest absolute Gasteiger partial charge is 0.217 e. The summed E-state index contributed by atoms with van der Waals surface area (Å²) in [6.45, 7) is 2.47. The van der Waals surface area contributed by atoms with E-state index in [2.05, 4.69) is 4.98 Å². The second-order valence-electron chi connectivity index (χ2n) is 5.66. The van der Waals surface area contributed by atoms with Crippen molar-refractivity contribution >= 4 is 28.8 Å². The van der Waals surface area contributed by atoms with Crippen LogP contribution in [0, 0.1) is 0 Å². The summed E-state index contributed by atoms with van der Waals surface area (Å²) in [7, 11) is 0. The van der Waals surface area contributed by atoms with Crippen LogP contribution in [0.3, 0.4) is 0 Å². The molecule has 4 rings (SSSR count). The Kier molecular flexibility index (Phi) is 4.53. The maximum atomic E-state index is 6.45. The Morgan fingerprint density at radius 3 is 2.50 bits per heavy atom. The lowest BCUT2D eigenvalue weighted by atomic mass is 10.0. The van der Waals surface area contributed by atoms with Crippen LogP contribution in [-0.4, -0.2) is 21.2 Å². The standard InChI is InChI=1S/C20H15Cl2N3O/c1-2-26-17-11-12-23-20-18(13-7-9-14(21)10-8-13)19(24-25(17)20)15-5-3-4-6-16(15)22/h3-12H,2H2,1H3. The number of hydrogen-bond donors (Lipinski definition) is 0. The number of halogens is 2. The molecule has 4 aromatic rings. The van der Waals surface area contributed by atoms with Gasteiger partial charge in [0.1, 0.15) is 5.69 Å². The zero-order chi connectivity index (χ0) is 18.1. The normalized spacial score (nSPS) is 11.0. The summed E-state index contributed by atoms with van der Waals surface area (Å²) in [5.41, 5.74) is 4.13. The lowest BCUT2D eigenvalue weighted by molar-refractivity contribution is 0.317. The molecule has 6 heteroatoms. The Labute approximate surface area is 161 Å². The Bertz CT molecular complexity index is 1070. The minimum Gasteiger partial charge on any atom is -0.478 e. The molecule has 0 radical (unpaired) electrons. The van der Waals surface area contributed by atoms with Gasteiger partial charge in [0, 0.05) is 22.8 Å². The fourth-order valence-electron chi connectivity index (χ4n) is 2.91. The summed E-state index contributed by atoms with van der Waals surface area (Å²) in [6, 6.07) is 17.0.